The van der Waals surface area contributed by atoms with Gasteiger partial charge < -0.3 is 9.88 Å². The zero-order valence-corrected chi connectivity index (χ0v) is 19.1. The van der Waals surface area contributed by atoms with Crippen LogP contribution in [0.1, 0.15) is 37.8 Å². The molecule has 4 aromatic heterocycles. The maximum Gasteiger partial charge on any atom is 0.188 e. The van der Waals surface area contributed by atoms with E-state index in [0.717, 1.165) is 57.6 Å². The fourth-order valence-corrected chi connectivity index (χ4v) is 5.69. The number of rotatable bonds is 4. The largest absolute Gasteiger partial charge is 0.345 e. The number of piperazine rings is 1. The summed E-state index contributed by atoms with van der Waals surface area (Å²) in [4.78, 5) is 18.8. The molecule has 0 aromatic carbocycles. The van der Waals surface area contributed by atoms with Gasteiger partial charge in [0.05, 0.1) is 18.3 Å². The first kappa shape index (κ1) is 20.0. The standard InChI is InChI=1S/C22H26N8S/c1-13(2)17-18(16-9-14(3)20-24-12-25-30(20)11-16)26-21-19(17)27-22(31-21)29-8-7-28(6-5-23)10-15(29)4/h9,11-13,15,26H,6-8,10H2,1-4H3/t15-/m1/s1. The van der Waals surface area contributed by atoms with Crippen molar-refractivity contribution in [3.63, 3.8) is 0 Å². The van der Waals surface area contributed by atoms with E-state index in [9.17, 15) is 0 Å². The van der Waals surface area contributed by atoms with Crippen LogP contribution in [0, 0.1) is 18.3 Å². The average molecular weight is 435 g/mol. The summed E-state index contributed by atoms with van der Waals surface area (Å²) in [7, 11) is 0. The molecule has 31 heavy (non-hydrogen) atoms. The van der Waals surface area contributed by atoms with Crippen molar-refractivity contribution >= 4 is 32.5 Å². The first-order valence-corrected chi connectivity index (χ1v) is 11.5. The normalized spacial score (nSPS) is 17.8. The highest BCUT2D eigenvalue weighted by atomic mass is 32.1. The van der Waals surface area contributed by atoms with Crippen molar-refractivity contribution in [2.24, 2.45) is 0 Å². The van der Waals surface area contributed by atoms with E-state index in [1.165, 1.54) is 5.56 Å². The van der Waals surface area contributed by atoms with Crippen molar-refractivity contribution in [3.8, 4) is 17.3 Å². The van der Waals surface area contributed by atoms with Gasteiger partial charge in [0.1, 0.15) is 16.7 Å². The van der Waals surface area contributed by atoms with Gasteiger partial charge in [0.25, 0.3) is 0 Å². The Kier molecular flexibility index (Phi) is 4.91. The molecule has 8 nitrogen and oxygen atoms in total. The second-order valence-corrected chi connectivity index (χ2v) is 9.60. The summed E-state index contributed by atoms with van der Waals surface area (Å²) >= 11 is 1.72. The number of nitriles is 1. The molecule has 0 amide bonds. The molecule has 0 unspecified atom stereocenters. The van der Waals surface area contributed by atoms with E-state index >= 15 is 0 Å². The van der Waals surface area contributed by atoms with Crippen molar-refractivity contribution in [3.05, 3.63) is 29.7 Å². The van der Waals surface area contributed by atoms with Crippen LogP contribution in [0.15, 0.2) is 18.6 Å². The molecule has 0 aliphatic carbocycles. The van der Waals surface area contributed by atoms with E-state index in [-0.39, 0.29) is 0 Å². The van der Waals surface area contributed by atoms with Crippen molar-refractivity contribution in [1.29, 1.82) is 5.26 Å². The number of fused-ring (bicyclic) bond motifs is 2. The average Bonchev–Trinajstić information content (AvgIpc) is 3.41. The number of pyridine rings is 1. The molecule has 1 aliphatic heterocycles. The fourth-order valence-electron chi connectivity index (χ4n) is 4.58. The lowest BCUT2D eigenvalue weighted by molar-refractivity contribution is 0.253. The summed E-state index contributed by atoms with van der Waals surface area (Å²) in [5.41, 5.74) is 6.50. The summed E-state index contributed by atoms with van der Waals surface area (Å²) in [6, 6.07) is 4.76. The Morgan fingerprint density at radius 2 is 2.19 bits per heavy atom. The Balaban J connectivity index is 1.54. The Morgan fingerprint density at radius 3 is 2.94 bits per heavy atom. The highest BCUT2D eigenvalue weighted by Crippen LogP contribution is 2.40. The van der Waals surface area contributed by atoms with Crippen molar-refractivity contribution in [2.75, 3.05) is 31.1 Å². The van der Waals surface area contributed by atoms with Gasteiger partial charge in [0.15, 0.2) is 10.8 Å². The number of hydrogen-bond donors (Lipinski definition) is 1. The van der Waals surface area contributed by atoms with Gasteiger partial charge in [-0.1, -0.05) is 25.2 Å². The molecule has 5 rings (SSSR count). The Labute approximate surface area is 185 Å². The van der Waals surface area contributed by atoms with Crippen LogP contribution in [-0.2, 0) is 0 Å². The molecule has 1 aliphatic rings. The van der Waals surface area contributed by atoms with Gasteiger partial charge in [0, 0.05) is 43.0 Å². The molecule has 0 saturated carbocycles. The SMILES string of the molecule is Cc1cc(-c2[nH]c3sc(N4CCN(CC#N)C[C@H]4C)nc3c2C(C)C)cn2ncnc12. The molecule has 5 heterocycles. The number of aromatic nitrogens is 5. The predicted octanol–water partition coefficient (Wildman–Crippen LogP) is 3.80. The van der Waals surface area contributed by atoms with Crippen LogP contribution in [0.25, 0.3) is 27.3 Å². The van der Waals surface area contributed by atoms with Gasteiger partial charge in [-0.3, -0.25) is 4.90 Å². The highest BCUT2D eigenvalue weighted by molar-refractivity contribution is 7.21. The third kappa shape index (κ3) is 3.36. The number of nitrogens with zero attached hydrogens (tertiary/aromatic N) is 7. The first-order chi connectivity index (χ1) is 15.0. The molecule has 0 spiro atoms. The van der Waals surface area contributed by atoms with Gasteiger partial charge >= 0.3 is 0 Å². The molecule has 1 atom stereocenters. The predicted molar refractivity (Wildman–Crippen MR) is 124 cm³/mol. The lowest BCUT2D eigenvalue weighted by Crippen LogP contribution is -2.52. The lowest BCUT2D eigenvalue weighted by atomic mass is 9.99. The van der Waals surface area contributed by atoms with Gasteiger partial charge in [-0.25, -0.2) is 14.5 Å². The zero-order chi connectivity index (χ0) is 21.7. The first-order valence-electron chi connectivity index (χ1n) is 10.6. The topological polar surface area (TPSA) is 89.1 Å². The van der Waals surface area contributed by atoms with E-state index in [1.807, 2.05) is 10.7 Å². The molecule has 160 valence electrons. The number of hydrogen-bond acceptors (Lipinski definition) is 7. The van der Waals surface area contributed by atoms with Crippen LogP contribution in [-0.4, -0.2) is 61.7 Å². The minimum Gasteiger partial charge on any atom is -0.345 e. The van der Waals surface area contributed by atoms with E-state index < -0.39 is 0 Å². The number of aryl methyl sites for hydroxylation is 1. The smallest absolute Gasteiger partial charge is 0.188 e. The van der Waals surface area contributed by atoms with E-state index in [0.29, 0.717) is 18.5 Å². The lowest BCUT2D eigenvalue weighted by Gasteiger charge is -2.38. The van der Waals surface area contributed by atoms with Crippen LogP contribution >= 0.6 is 11.3 Å². The van der Waals surface area contributed by atoms with Crippen molar-refractivity contribution < 1.29 is 0 Å². The fraction of sp³-hybridized carbons (Fsp3) is 0.455. The molecule has 0 bridgehead atoms. The Morgan fingerprint density at radius 1 is 1.35 bits per heavy atom. The summed E-state index contributed by atoms with van der Waals surface area (Å²) < 4.78 is 1.84. The summed E-state index contributed by atoms with van der Waals surface area (Å²) in [6.07, 6.45) is 3.63. The molecule has 4 aromatic rings. The van der Waals surface area contributed by atoms with Crippen molar-refractivity contribution in [2.45, 2.75) is 39.7 Å². The van der Waals surface area contributed by atoms with Gasteiger partial charge in [-0.15, -0.1) is 0 Å². The van der Waals surface area contributed by atoms with Crippen LogP contribution in [0.2, 0.25) is 0 Å². The van der Waals surface area contributed by atoms with Gasteiger partial charge in [-0.2, -0.15) is 10.4 Å². The maximum atomic E-state index is 8.99. The van der Waals surface area contributed by atoms with Gasteiger partial charge in [0.2, 0.25) is 0 Å². The third-order valence-corrected chi connectivity index (χ3v) is 7.06. The minimum absolute atomic E-state index is 0.329. The molecule has 0 radical (unpaired) electrons. The number of anilines is 1. The van der Waals surface area contributed by atoms with Gasteiger partial charge in [-0.05, 0) is 31.4 Å². The van der Waals surface area contributed by atoms with E-state index in [1.54, 1.807) is 17.7 Å². The summed E-state index contributed by atoms with van der Waals surface area (Å²) in [5.74, 6) is 0.329. The van der Waals surface area contributed by atoms with Crippen LogP contribution in [0.4, 0.5) is 5.13 Å². The van der Waals surface area contributed by atoms with Crippen LogP contribution in [0.5, 0.6) is 0 Å². The van der Waals surface area contributed by atoms with Crippen molar-refractivity contribution in [1.82, 2.24) is 29.5 Å². The second-order valence-electron chi connectivity index (χ2n) is 8.62. The number of nitrogens with one attached hydrogen (secondary N) is 1. The van der Waals surface area contributed by atoms with Crippen LogP contribution < -0.4 is 4.90 Å². The maximum absolute atomic E-state index is 8.99. The number of aromatic amines is 1. The molecule has 1 N–H and O–H groups in total. The molecular formula is C22H26N8S. The Bertz CT molecular complexity index is 1290. The quantitative estimate of drug-likeness (QED) is 0.492. The second kappa shape index (κ2) is 7.62. The molecule has 1 saturated heterocycles. The molecule has 9 heteroatoms. The molecular weight excluding hydrogens is 408 g/mol. The summed E-state index contributed by atoms with van der Waals surface area (Å²) in [6.45, 7) is 11.9. The van der Waals surface area contributed by atoms with E-state index in [2.05, 4.69) is 64.7 Å². The molecule has 1 fully saturated rings. The minimum atomic E-state index is 0.329. The highest BCUT2D eigenvalue weighted by Gasteiger charge is 2.28. The number of H-pyrrole nitrogens is 1. The zero-order valence-electron chi connectivity index (χ0n) is 18.3. The Hall–Kier alpha value is -2.96. The third-order valence-electron chi connectivity index (χ3n) is 6.06. The van der Waals surface area contributed by atoms with E-state index in [4.69, 9.17) is 10.2 Å². The number of thiazole rings is 1. The monoisotopic (exact) mass is 434 g/mol. The summed E-state index contributed by atoms with van der Waals surface area (Å²) in [5, 5.41) is 14.4. The van der Waals surface area contributed by atoms with Crippen LogP contribution in [0.3, 0.4) is 0 Å².